The number of fused-ring (bicyclic) bond motifs is 2. The fourth-order valence-electron chi connectivity index (χ4n) is 4.60. The molecule has 3 atom stereocenters. The van der Waals surface area contributed by atoms with Crippen LogP contribution in [0.1, 0.15) is 32.1 Å². The molecule has 1 aromatic heterocycles. The number of rotatable bonds is 4. The second-order valence-electron chi connectivity index (χ2n) is 7.56. The van der Waals surface area contributed by atoms with Crippen LogP contribution in [0, 0.1) is 0 Å². The highest BCUT2D eigenvalue weighted by Gasteiger charge is 2.52. The maximum atomic E-state index is 12.9. The number of likely N-dealkylation sites (tertiary alicyclic amines) is 1. The highest BCUT2D eigenvalue weighted by Crippen LogP contribution is 2.42. The molecule has 4 rings (SSSR count). The van der Waals surface area contributed by atoms with Gasteiger partial charge in [-0.3, -0.25) is 14.2 Å². The van der Waals surface area contributed by atoms with Crippen molar-refractivity contribution in [3.8, 4) is 0 Å². The number of benzene rings is 1. The molecule has 27 heavy (non-hydrogen) atoms. The number of carbonyl (C=O) groups is 1. The molecule has 1 aliphatic carbocycles. The van der Waals surface area contributed by atoms with E-state index >= 15 is 0 Å². The minimum absolute atomic E-state index is 0.00640. The molecule has 7 nitrogen and oxygen atoms in total. The van der Waals surface area contributed by atoms with Gasteiger partial charge < -0.3 is 14.7 Å². The van der Waals surface area contributed by atoms with Crippen LogP contribution in [0.4, 0.5) is 0 Å². The average Bonchev–Trinajstić information content (AvgIpc) is 3.07. The second-order valence-corrected chi connectivity index (χ2v) is 7.56. The van der Waals surface area contributed by atoms with Gasteiger partial charge in [-0.1, -0.05) is 12.1 Å². The van der Waals surface area contributed by atoms with Crippen molar-refractivity contribution < 1.29 is 14.6 Å². The van der Waals surface area contributed by atoms with Gasteiger partial charge in [0.05, 0.1) is 35.0 Å². The van der Waals surface area contributed by atoms with Crippen LogP contribution in [-0.2, 0) is 16.1 Å². The molecule has 1 saturated heterocycles. The summed E-state index contributed by atoms with van der Waals surface area (Å²) in [7, 11) is 1.69. The molecule has 2 heterocycles. The Morgan fingerprint density at radius 1 is 1.37 bits per heavy atom. The average molecular weight is 371 g/mol. The SMILES string of the molecule is COC12CCC(O)CC1N(C(=O)CCn1cnc3ccccc3c1=O)CC2. The van der Waals surface area contributed by atoms with E-state index in [1.807, 2.05) is 17.0 Å². The Bertz CT molecular complexity index is 911. The third-order valence-electron chi connectivity index (χ3n) is 6.18. The largest absolute Gasteiger partial charge is 0.393 e. The maximum Gasteiger partial charge on any atom is 0.261 e. The summed E-state index contributed by atoms with van der Waals surface area (Å²) in [5.41, 5.74) is 0.191. The summed E-state index contributed by atoms with van der Waals surface area (Å²) in [6.45, 7) is 0.927. The van der Waals surface area contributed by atoms with Gasteiger partial charge in [-0.2, -0.15) is 0 Å². The van der Waals surface area contributed by atoms with Crippen molar-refractivity contribution in [2.75, 3.05) is 13.7 Å². The number of aliphatic hydroxyl groups excluding tert-OH is 1. The van der Waals surface area contributed by atoms with E-state index in [-0.39, 0.29) is 35.6 Å². The molecule has 2 aliphatic rings. The number of hydrogen-bond donors (Lipinski definition) is 1. The summed E-state index contributed by atoms with van der Waals surface area (Å²) in [6, 6.07) is 7.11. The molecular weight excluding hydrogens is 346 g/mol. The highest BCUT2D eigenvalue weighted by atomic mass is 16.5. The molecule has 1 N–H and O–H groups in total. The lowest BCUT2D eigenvalue weighted by atomic mass is 9.79. The smallest absolute Gasteiger partial charge is 0.261 e. The van der Waals surface area contributed by atoms with Crippen LogP contribution in [0.25, 0.3) is 10.9 Å². The molecule has 0 radical (unpaired) electrons. The lowest BCUT2D eigenvalue weighted by molar-refractivity contribution is -0.140. The first-order valence-corrected chi connectivity index (χ1v) is 9.51. The van der Waals surface area contributed by atoms with Crippen molar-refractivity contribution in [2.45, 2.75) is 56.4 Å². The predicted molar refractivity (Wildman–Crippen MR) is 100 cm³/mol. The number of nitrogens with zero attached hydrogens (tertiary/aromatic N) is 3. The van der Waals surface area contributed by atoms with E-state index in [0.29, 0.717) is 36.8 Å². The molecule has 2 aromatic rings. The number of ether oxygens (including phenoxy) is 1. The Morgan fingerprint density at radius 3 is 3.00 bits per heavy atom. The topological polar surface area (TPSA) is 84.7 Å². The number of amides is 1. The Morgan fingerprint density at radius 2 is 2.19 bits per heavy atom. The van der Waals surface area contributed by atoms with Crippen LogP contribution in [0.3, 0.4) is 0 Å². The van der Waals surface area contributed by atoms with Gasteiger partial charge in [0.1, 0.15) is 0 Å². The zero-order chi connectivity index (χ0) is 19.0. The summed E-state index contributed by atoms with van der Waals surface area (Å²) in [4.78, 5) is 31.6. The molecule has 1 amide bonds. The van der Waals surface area contributed by atoms with E-state index < -0.39 is 0 Å². The molecule has 0 spiro atoms. The molecular formula is C20H25N3O4. The highest BCUT2D eigenvalue weighted by molar-refractivity contribution is 5.78. The molecule has 2 fully saturated rings. The summed E-state index contributed by atoms with van der Waals surface area (Å²) in [6.07, 6.45) is 4.18. The minimum Gasteiger partial charge on any atom is -0.393 e. The Hall–Kier alpha value is -2.25. The van der Waals surface area contributed by atoms with Crippen molar-refractivity contribution in [2.24, 2.45) is 0 Å². The van der Waals surface area contributed by atoms with E-state index in [1.54, 1.807) is 19.2 Å². The first-order valence-electron chi connectivity index (χ1n) is 9.51. The van der Waals surface area contributed by atoms with Crippen molar-refractivity contribution in [3.05, 3.63) is 40.9 Å². The summed E-state index contributed by atoms with van der Waals surface area (Å²) in [5, 5.41) is 10.6. The van der Waals surface area contributed by atoms with Gasteiger partial charge >= 0.3 is 0 Å². The van der Waals surface area contributed by atoms with Gasteiger partial charge in [-0.15, -0.1) is 0 Å². The molecule has 1 saturated carbocycles. The number of para-hydroxylation sites is 1. The van der Waals surface area contributed by atoms with E-state index in [2.05, 4.69) is 4.98 Å². The first-order chi connectivity index (χ1) is 13.0. The van der Waals surface area contributed by atoms with Crippen molar-refractivity contribution in [1.82, 2.24) is 14.5 Å². The van der Waals surface area contributed by atoms with Crippen LogP contribution in [0.5, 0.6) is 0 Å². The standard InChI is InChI=1S/C20H25N3O4/c1-27-20-8-6-14(24)12-17(20)23(11-9-20)18(25)7-10-22-13-21-16-5-3-2-4-15(16)19(22)26/h2-5,13-14,17,24H,6-12H2,1H3. The fourth-order valence-corrected chi connectivity index (χ4v) is 4.60. The lowest BCUT2D eigenvalue weighted by Crippen LogP contribution is -2.52. The Labute approximate surface area is 157 Å². The third-order valence-corrected chi connectivity index (χ3v) is 6.18. The molecule has 0 bridgehead atoms. The third kappa shape index (κ3) is 3.15. The number of aromatic nitrogens is 2. The van der Waals surface area contributed by atoms with Gasteiger partial charge in [0, 0.05) is 26.6 Å². The number of methoxy groups -OCH3 is 1. The quantitative estimate of drug-likeness (QED) is 0.876. The number of carbonyl (C=O) groups excluding carboxylic acids is 1. The molecule has 144 valence electrons. The summed E-state index contributed by atoms with van der Waals surface area (Å²) >= 11 is 0. The van der Waals surface area contributed by atoms with Gasteiger partial charge in [0.15, 0.2) is 0 Å². The zero-order valence-electron chi connectivity index (χ0n) is 15.5. The normalized spacial score (nSPS) is 27.7. The maximum absolute atomic E-state index is 12.9. The summed E-state index contributed by atoms with van der Waals surface area (Å²) < 4.78 is 7.29. The van der Waals surface area contributed by atoms with Gasteiger partial charge in [-0.25, -0.2) is 4.98 Å². The van der Waals surface area contributed by atoms with E-state index in [4.69, 9.17) is 4.74 Å². The second kappa shape index (κ2) is 7.05. The van der Waals surface area contributed by atoms with Crippen molar-refractivity contribution >= 4 is 16.8 Å². The minimum atomic E-state index is -0.390. The molecule has 1 aromatic carbocycles. The lowest BCUT2D eigenvalue weighted by Gasteiger charge is -2.42. The van der Waals surface area contributed by atoms with Crippen LogP contribution >= 0.6 is 0 Å². The number of aliphatic hydroxyl groups is 1. The van der Waals surface area contributed by atoms with Crippen molar-refractivity contribution in [1.29, 1.82) is 0 Å². The van der Waals surface area contributed by atoms with Gasteiger partial charge in [0.2, 0.25) is 5.91 Å². The molecule has 7 heteroatoms. The first kappa shape index (κ1) is 18.1. The van der Waals surface area contributed by atoms with Crippen LogP contribution in [0.15, 0.2) is 35.4 Å². The van der Waals surface area contributed by atoms with Crippen LogP contribution in [-0.4, -0.2) is 56.9 Å². The van der Waals surface area contributed by atoms with Crippen LogP contribution in [0.2, 0.25) is 0 Å². The van der Waals surface area contributed by atoms with Gasteiger partial charge in [-0.05, 0) is 37.8 Å². The molecule has 3 unspecified atom stereocenters. The van der Waals surface area contributed by atoms with E-state index in [1.165, 1.54) is 10.9 Å². The number of hydrogen-bond acceptors (Lipinski definition) is 5. The number of aryl methyl sites for hydroxylation is 1. The van der Waals surface area contributed by atoms with Crippen molar-refractivity contribution in [3.63, 3.8) is 0 Å². The monoisotopic (exact) mass is 371 g/mol. The van der Waals surface area contributed by atoms with E-state index in [9.17, 15) is 14.7 Å². The Balaban J connectivity index is 1.48. The zero-order valence-corrected chi connectivity index (χ0v) is 15.5. The molecule has 1 aliphatic heterocycles. The predicted octanol–water partition coefficient (Wildman–Crippen LogP) is 1.32. The van der Waals surface area contributed by atoms with E-state index in [0.717, 1.165) is 12.8 Å². The summed E-state index contributed by atoms with van der Waals surface area (Å²) in [5.74, 6) is -0.00640. The van der Waals surface area contributed by atoms with Gasteiger partial charge in [0.25, 0.3) is 5.56 Å². The Kier molecular flexibility index (Phi) is 4.74. The fraction of sp³-hybridized carbons (Fsp3) is 0.550. The van der Waals surface area contributed by atoms with Crippen LogP contribution < -0.4 is 5.56 Å².